The molecule has 0 spiro atoms. The second kappa shape index (κ2) is 3.40. The van der Waals surface area contributed by atoms with Crippen molar-refractivity contribution < 1.29 is 9.63 Å². The zero-order valence-electron chi connectivity index (χ0n) is 5.67. The van der Waals surface area contributed by atoms with Gasteiger partial charge in [0.05, 0.1) is 0 Å². The van der Waals surface area contributed by atoms with Gasteiger partial charge in [0.15, 0.2) is 0 Å². The second-order valence-electron chi connectivity index (χ2n) is 1.60. The molecule has 0 saturated carbocycles. The minimum atomic E-state index is -0.360. The Morgan fingerprint density at radius 3 is 2.11 bits per heavy atom. The molecule has 3 nitrogen and oxygen atoms in total. The van der Waals surface area contributed by atoms with Gasteiger partial charge in [-0.25, -0.2) is 5.06 Å². The molecule has 4 heteroatoms. The zero-order chi connectivity index (χ0) is 7.44. The first-order valence-electron chi connectivity index (χ1n) is 2.47. The van der Waals surface area contributed by atoms with Crippen LogP contribution in [0.3, 0.4) is 0 Å². The number of hydroxylamine groups is 2. The molecule has 0 N–H and O–H groups in total. The maximum absolute atomic E-state index is 10.2. The summed E-state index contributed by atoms with van der Waals surface area (Å²) in [6.07, 6.45) is 0. The molecule has 0 saturated heterocycles. The van der Waals surface area contributed by atoms with E-state index in [9.17, 15) is 4.79 Å². The van der Waals surface area contributed by atoms with E-state index in [1.807, 2.05) is 0 Å². The van der Waals surface area contributed by atoms with Gasteiger partial charge in [0.25, 0.3) is 0 Å². The average Bonchev–Trinajstić information content (AvgIpc) is 1.63. The molecule has 0 amide bonds. The van der Waals surface area contributed by atoms with Crippen LogP contribution >= 0.6 is 12.2 Å². The topological polar surface area (TPSA) is 29.5 Å². The molecule has 0 bridgehead atoms. The molecule has 0 unspecified atom stereocenters. The smallest absolute Gasteiger partial charge is 0.329 e. The van der Waals surface area contributed by atoms with Gasteiger partial charge in [0.1, 0.15) is 4.99 Å². The van der Waals surface area contributed by atoms with Crippen molar-refractivity contribution in [1.82, 2.24) is 5.06 Å². The van der Waals surface area contributed by atoms with Gasteiger partial charge >= 0.3 is 5.97 Å². The molecular formula is C5H9NO2S. The van der Waals surface area contributed by atoms with Gasteiger partial charge in [-0.1, -0.05) is 12.2 Å². The van der Waals surface area contributed by atoms with E-state index in [1.54, 1.807) is 14.0 Å². The summed E-state index contributed by atoms with van der Waals surface area (Å²) in [5.74, 6) is -0.360. The largest absolute Gasteiger partial charge is 0.341 e. The van der Waals surface area contributed by atoms with Crippen LogP contribution in [0, 0.1) is 0 Å². The van der Waals surface area contributed by atoms with Crippen LogP contribution in [0.4, 0.5) is 0 Å². The van der Waals surface area contributed by atoms with E-state index in [2.05, 4.69) is 17.1 Å². The molecular weight excluding hydrogens is 138 g/mol. The van der Waals surface area contributed by atoms with E-state index in [0.717, 1.165) is 0 Å². The van der Waals surface area contributed by atoms with Crippen LogP contribution in [0.25, 0.3) is 0 Å². The highest BCUT2D eigenvalue weighted by Crippen LogP contribution is 1.88. The van der Waals surface area contributed by atoms with E-state index >= 15 is 0 Å². The van der Waals surface area contributed by atoms with Crippen LogP contribution in [0.1, 0.15) is 13.8 Å². The molecule has 0 radical (unpaired) electrons. The maximum Gasteiger partial charge on any atom is 0.329 e. The molecule has 0 rings (SSSR count). The molecule has 0 aromatic rings. The predicted octanol–water partition coefficient (Wildman–Crippen LogP) is 0.744. The highest BCUT2D eigenvalue weighted by atomic mass is 32.1. The summed E-state index contributed by atoms with van der Waals surface area (Å²) in [6.45, 7) is 3.01. The van der Waals surface area contributed by atoms with Gasteiger partial charge in [-0.3, -0.25) is 4.79 Å². The summed E-state index contributed by atoms with van der Waals surface area (Å²) in [6, 6.07) is 0. The third kappa shape index (κ3) is 3.90. The first-order chi connectivity index (χ1) is 4.04. The van der Waals surface area contributed by atoms with Crippen LogP contribution in [-0.2, 0) is 9.63 Å². The Kier molecular flexibility index (Phi) is 3.16. The third-order valence-electron chi connectivity index (χ3n) is 0.709. The lowest BCUT2D eigenvalue weighted by Crippen LogP contribution is -2.24. The normalized spacial score (nSPS) is 8.33. The molecule has 0 atom stereocenters. The molecule has 0 heterocycles. The van der Waals surface area contributed by atoms with Crippen LogP contribution in [0.5, 0.6) is 0 Å². The highest BCUT2D eigenvalue weighted by molar-refractivity contribution is 7.80. The Hall–Kier alpha value is -0.640. The molecule has 0 aliphatic heterocycles. The molecule has 9 heavy (non-hydrogen) atoms. The van der Waals surface area contributed by atoms with E-state index in [-0.39, 0.29) is 5.97 Å². The molecule has 0 aromatic carbocycles. The van der Waals surface area contributed by atoms with E-state index in [4.69, 9.17) is 0 Å². The zero-order valence-corrected chi connectivity index (χ0v) is 6.49. The highest BCUT2D eigenvalue weighted by Gasteiger charge is 1.99. The first-order valence-corrected chi connectivity index (χ1v) is 2.87. The van der Waals surface area contributed by atoms with Crippen molar-refractivity contribution in [2.75, 3.05) is 7.05 Å². The van der Waals surface area contributed by atoms with Crippen molar-refractivity contribution in [2.45, 2.75) is 13.8 Å². The third-order valence-corrected chi connectivity index (χ3v) is 0.966. The lowest BCUT2D eigenvalue weighted by molar-refractivity contribution is -0.165. The summed E-state index contributed by atoms with van der Waals surface area (Å²) in [5, 5.41) is 1.25. The van der Waals surface area contributed by atoms with Crippen LogP contribution in [0.15, 0.2) is 0 Å². The Morgan fingerprint density at radius 2 is 2.00 bits per heavy atom. The SMILES string of the molecule is CC(=O)ON(C)C(C)=S. The number of nitrogens with zero attached hydrogens (tertiary/aromatic N) is 1. The van der Waals surface area contributed by atoms with Gasteiger partial charge in [-0.05, 0) is 6.92 Å². The van der Waals surface area contributed by atoms with Crippen LogP contribution < -0.4 is 0 Å². The fourth-order valence-electron chi connectivity index (χ4n) is 0.257. The summed E-state index contributed by atoms with van der Waals surface area (Å²) in [5.41, 5.74) is 0. The number of hydrogen-bond donors (Lipinski definition) is 0. The predicted molar refractivity (Wildman–Crippen MR) is 37.8 cm³/mol. The van der Waals surface area contributed by atoms with Crippen molar-refractivity contribution >= 4 is 23.2 Å². The van der Waals surface area contributed by atoms with Crippen molar-refractivity contribution in [3.05, 3.63) is 0 Å². The number of hydrogen-bond acceptors (Lipinski definition) is 3. The Morgan fingerprint density at radius 1 is 1.56 bits per heavy atom. The molecule has 0 aliphatic carbocycles. The van der Waals surface area contributed by atoms with Gasteiger partial charge in [-0.2, -0.15) is 0 Å². The van der Waals surface area contributed by atoms with Gasteiger partial charge in [0, 0.05) is 14.0 Å². The van der Waals surface area contributed by atoms with E-state index in [1.165, 1.54) is 12.0 Å². The number of thiocarbonyl (C=S) groups is 1. The second-order valence-corrected chi connectivity index (χ2v) is 2.19. The van der Waals surface area contributed by atoms with Gasteiger partial charge in [-0.15, -0.1) is 0 Å². The maximum atomic E-state index is 10.2. The lowest BCUT2D eigenvalue weighted by atomic mass is 10.7. The average molecular weight is 147 g/mol. The number of carbonyl (C=O) groups is 1. The molecule has 0 fully saturated rings. The van der Waals surface area contributed by atoms with Gasteiger partial charge in [0.2, 0.25) is 0 Å². The van der Waals surface area contributed by atoms with Crippen LogP contribution in [0.2, 0.25) is 0 Å². The Labute approximate surface area is 59.5 Å². The molecule has 0 aliphatic rings. The minimum absolute atomic E-state index is 0.360. The summed E-state index contributed by atoms with van der Waals surface area (Å²) in [7, 11) is 1.59. The van der Waals surface area contributed by atoms with Crippen molar-refractivity contribution in [3.63, 3.8) is 0 Å². The fourth-order valence-corrected chi connectivity index (χ4v) is 0.294. The quantitative estimate of drug-likeness (QED) is 0.373. The van der Waals surface area contributed by atoms with Gasteiger partial charge < -0.3 is 4.84 Å². The molecule has 0 aromatic heterocycles. The lowest BCUT2D eigenvalue weighted by Gasteiger charge is -2.13. The Balaban J connectivity index is 3.63. The van der Waals surface area contributed by atoms with E-state index in [0.29, 0.717) is 4.99 Å². The van der Waals surface area contributed by atoms with Crippen LogP contribution in [-0.4, -0.2) is 23.1 Å². The monoisotopic (exact) mass is 147 g/mol. The van der Waals surface area contributed by atoms with E-state index < -0.39 is 0 Å². The number of carbonyl (C=O) groups excluding carboxylic acids is 1. The van der Waals surface area contributed by atoms with Crippen molar-refractivity contribution in [3.8, 4) is 0 Å². The summed E-state index contributed by atoms with van der Waals surface area (Å²) in [4.78, 5) is 15.3. The minimum Gasteiger partial charge on any atom is -0.341 e. The first kappa shape index (κ1) is 8.36. The molecule has 52 valence electrons. The summed E-state index contributed by atoms with van der Waals surface area (Å²) >= 11 is 4.69. The standard InChI is InChI=1S/C5H9NO2S/c1-4(9)6(3)8-5(2)7/h1-3H3. The summed E-state index contributed by atoms with van der Waals surface area (Å²) < 4.78 is 0. The Bertz CT molecular complexity index is 135. The van der Waals surface area contributed by atoms with Crippen molar-refractivity contribution in [2.24, 2.45) is 0 Å². The number of rotatable bonds is 0. The fraction of sp³-hybridized carbons (Fsp3) is 0.600. The van der Waals surface area contributed by atoms with Crippen molar-refractivity contribution in [1.29, 1.82) is 0 Å².